The highest BCUT2D eigenvalue weighted by atomic mass is 35.5. The zero-order chi connectivity index (χ0) is 18.6. The first kappa shape index (κ1) is 18.1. The summed E-state index contributed by atoms with van der Waals surface area (Å²) in [6.07, 6.45) is 1.85. The van der Waals surface area contributed by atoms with E-state index >= 15 is 0 Å². The van der Waals surface area contributed by atoms with Crippen LogP contribution in [0.4, 0.5) is 5.69 Å². The summed E-state index contributed by atoms with van der Waals surface area (Å²) in [6, 6.07) is 2.17. The molecular weight excluding hydrogens is 372 g/mol. The fourth-order valence-corrected chi connectivity index (χ4v) is 5.78. The summed E-state index contributed by atoms with van der Waals surface area (Å²) in [5.41, 5.74) is -1.25. The Kier molecular flexibility index (Phi) is 4.29. The number of sulfonamides is 1. The van der Waals surface area contributed by atoms with Crippen molar-refractivity contribution in [1.29, 1.82) is 0 Å². The number of hydrogen-bond donors (Lipinski definition) is 1. The maximum atomic E-state index is 12.9. The van der Waals surface area contributed by atoms with Crippen molar-refractivity contribution in [2.75, 3.05) is 13.1 Å². The van der Waals surface area contributed by atoms with Crippen molar-refractivity contribution in [3.8, 4) is 0 Å². The standard InChI is InChI=1S/C15H17ClN2O6S/c1-9-12(16)5-11(6-13(9)18(21)22)25(23,24)17-7-10-3-2-4-15(10,8-17)14(19)20/h5-6,10H,2-4,7-8H2,1H3,(H,19,20)/t10-,15+/m0/s1. The van der Waals surface area contributed by atoms with Gasteiger partial charge >= 0.3 is 5.97 Å². The van der Waals surface area contributed by atoms with Crippen LogP contribution >= 0.6 is 11.6 Å². The number of carboxylic acids is 1. The molecule has 2 atom stereocenters. The Morgan fingerprint density at radius 3 is 2.72 bits per heavy atom. The summed E-state index contributed by atoms with van der Waals surface area (Å²) < 4.78 is 27.0. The molecule has 0 unspecified atom stereocenters. The van der Waals surface area contributed by atoms with Gasteiger partial charge in [-0.25, -0.2) is 8.42 Å². The number of carboxylic acid groups (broad SMARTS) is 1. The molecule has 0 bridgehead atoms. The Morgan fingerprint density at radius 1 is 1.48 bits per heavy atom. The predicted molar refractivity (Wildman–Crippen MR) is 89.0 cm³/mol. The fourth-order valence-electron chi connectivity index (χ4n) is 3.90. The second kappa shape index (κ2) is 5.93. The molecule has 10 heteroatoms. The van der Waals surface area contributed by atoms with Crippen LogP contribution in [0.5, 0.6) is 0 Å². The van der Waals surface area contributed by atoms with Crippen LogP contribution in [0.1, 0.15) is 24.8 Å². The molecule has 0 aromatic heterocycles. The van der Waals surface area contributed by atoms with E-state index in [1.54, 1.807) is 0 Å². The van der Waals surface area contributed by atoms with E-state index in [4.69, 9.17) is 11.6 Å². The molecule has 2 aliphatic rings. The number of rotatable bonds is 4. The molecule has 1 aromatic rings. The minimum atomic E-state index is -4.07. The Hall–Kier alpha value is -1.71. The van der Waals surface area contributed by atoms with Gasteiger partial charge < -0.3 is 5.11 Å². The van der Waals surface area contributed by atoms with Gasteiger partial charge in [-0.3, -0.25) is 14.9 Å². The van der Waals surface area contributed by atoms with Crippen LogP contribution in [0, 0.1) is 28.4 Å². The molecule has 3 rings (SSSR count). The van der Waals surface area contributed by atoms with Crippen molar-refractivity contribution in [1.82, 2.24) is 4.31 Å². The molecule has 1 aliphatic carbocycles. The molecule has 2 fully saturated rings. The number of hydrogen-bond acceptors (Lipinski definition) is 5. The molecule has 1 heterocycles. The third kappa shape index (κ3) is 2.70. The summed E-state index contributed by atoms with van der Waals surface area (Å²) in [6.45, 7) is 1.43. The normalized spacial score (nSPS) is 26.6. The first-order chi connectivity index (χ1) is 11.6. The molecule has 1 N–H and O–H groups in total. The molecule has 8 nitrogen and oxygen atoms in total. The summed E-state index contributed by atoms with van der Waals surface area (Å²) in [4.78, 5) is 21.9. The van der Waals surface area contributed by atoms with E-state index in [-0.39, 0.29) is 40.2 Å². The highest BCUT2D eigenvalue weighted by Crippen LogP contribution is 2.50. The molecule has 1 aliphatic heterocycles. The van der Waals surface area contributed by atoms with Crippen molar-refractivity contribution in [3.05, 3.63) is 32.8 Å². The van der Waals surface area contributed by atoms with Gasteiger partial charge in [0.2, 0.25) is 10.0 Å². The van der Waals surface area contributed by atoms with Gasteiger partial charge in [0.05, 0.1) is 20.3 Å². The second-order valence-corrected chi connectivity index (χ2v) is 9.00. The number of nitro groups is 1. The monoisotopic (exact) mass is 388 g/mol. The lowest BCUT2D eigenvalue weighted by Crippen LogP contribution is -2.37. The third-order valence-corrected chi connectivity index (χ3v) is 7.57. The maximum Gasteiger partial charge on any atom is 0.311 e. The number of nitrogens with zero attached hydrogens (tertiary/aromatic N) is 2. The lowest BCUT2D eigenvalue weighted by molar-refractivity contribution is -0.385. The highest BCUT2D eigenvalue weighted by molar-refractivity contribution is 7.89. The summed E-state index contributed by atoms with van der Waals surface area (Å²) in [5.74, 6) is -1.23. The minimum absolute atomic E-state index is 0.0138. The Morgan fingerprint density at radius 2 is 2.16 bits per heavy atom. The zero-order valence-corrected chi connectivity index (χ0v) is 15.0. The molecule has 1 aromatic carbocycles. The first-order valence-electron chi connectivity index (χ1n) is 7.77. The zero-order valence-electron chi connectivity index (χ0n) is 13.4. The number of aliphatic carboxylic acids is 1. The van der Waals surface area contributed by atoms with Gasteiger partial charge in [0.15, 0.2) is 0 Å². The van der Waals surface area contributed by atoms with Crippen LogP contribution in [0.15, 0.2) is 17.0 Å². The van der Waals surface area contributed by atoms with Gasteiger partial charge in [0, 0.05) is 24.7 Å². The fraction of sp³-hybridized carbons (Fsp3) is 0.533. The van der Waals surface area contributed by atoms with Crippen LogP contribution < -0.4 is 0 Å². The topological polar surface area (TPSA) is 118 Å². The van der Waals surface area contributed by atoms with Crippen molar-refractivity contribution >= 4 is 33.3 Å². The smallest absolute Gasteiger partial charge is 0.311 e. The van der Waals surface area contributed by atoms with E-state index in [0.717, 1.165) is 16.8 Å². The Labute approximate surface area is 149 Å². The SMILES string of the molecule is Cc1c(Cl)cc(S(=O)(=O)N2C[C@@H]3CCC[C@@]3(C(=O)O)C2)cc1[N+](=O)[O-]. The summed E-state index contributed by atoms with van der Waals surface area (Å²) in [5, 5.41) is 20.7. The van der Waals surface area contributed by atoms with Crippen molar-refractivity contribution < 1.29 is 23.2 Å². The average Bonchev–Trinajstić information content (AvgIpc) is 3.07. The van der Waals surface area contributed by atoms with E-state index < -0.39 is 26.3 Å². The van der Waals surface area contributed by atoms with Gasteiger partial charge in [-0.1, -0.05) is 18.0 Å². The molecule has 1 saturated heterocycles. The van der Waals surface area contributed by atoms with Gasteiger partial charge in [-0.15, -0.1) is 0 Å². The lowest BCUT2D eigenvalue weighted by atomic mass is 9.81. The predicted octanol–water partition coefficient (Wildman–Crippen LogP) is 2.43. The average molecular weight is 389 g/mol. The van der Waals surface area contributed by atoms with Crippen molar-refractivity contribution in [2.24, 2.45) is 11.3 Å². The van der Waals surface area contributed by atoms with Gasteiger partial charge in [0.1, 0.15) is 0 Å². The van der Waals surface area contributed by atoms with Crippen LogP contribution in [0.3, 0.4) is 0 Å². The number of carbonyl (C=O) groups is 1. The molecule has 0 radical (unpaired) electrons. The molecule has 0 spiro atoms. The third-order valence-electron chi connectivity index (χ3n) is 5.39. The van der Waals surface area contributed by atoms with Gasteiger partial charge in [-0.05, 0) is 31.7 Å². The molecular formula is C15H17ClN2O6S. The van der Waals surface area contributed by atoms with Crippen LogP contribution in [-0.2, 0) is 14.8 Å². The Balaban J connectivity index is 2.02. The molecule has 136 valence electrons. The van der Waals surface area contributed by atoms with Gasteiger partial charge in [0.25, 0.3) is 5.69 Å². The maximum absolute atomic E-state index is 12.9. The number of fused-ring (bicyclic) bond motifs is 1. The number of halogens is 1. The summed E-state index contributed by atoms with van der Waals surface area (Å²) in [7, 11) is -4.07. The van der Waals surface area contributed by atoms with E-state index in [2.05, 4.69) is 0 Å². The van der Waals surface area contributed by atoms with E-state index in [0.29, 0.717) is 12.8 Å². The van der Waals surface area contributed by atoms with Crippen molar-refractivity contribution in [3.63, 3.8) is 0 Å². The number of benzene rings is 1. The van der Waals surface area contributed by atoms with E-state index in [1.807, 2.05) is 0 Å². The summed E-state index contributed by atoms with van der Waals surface area (Å²) >= 11 is 5.97. The van der Waals surface area contributed by atoms with Crippen LogP contribution in [0.2, 0.25) is 5.02 Å². The molecule has 1 saturated carbocycles. The minimum Gasteiger partial charge on any atom is -0.481 e. The second-order valence-electron chi connectivity index (χ2n) is 6.65. The number of nitro benzene ring substituents is 1. The lowest BCUT2D eigenvalue weighted by Gasteiger charge is -2.23. The Bertz CT molecular complexity index is 871. The highest BCUT2D eigenvalue weighted by Gasteiger charge is 2.57. The quantitative estimate of drug-likeness (QED) is 0.625. The van der Waals surface area contributed by atoms with Crippen molar-refractivity contribution in [2.45, 2.75) is 31.1 Å². The van der Waals surface area contributed by atoms with E-state index in [1.165, 1.54) is 13.0 Å². The molecule has 25 heavy (non-hydrogen) atoms. The molecule has 0 amide bonds. The van der Waals surface area contributed by atoms with E-state index in [9.17, 15) is 28.4 Å². The largest absolute Gasteiger partial charge is 0.481 e. The van der Waals surface area contributed by atoms with Crippen LogP contribution in [-0.4, -0.2) is 41.8 Å². The van der Waals surface area contributed by atoms with Crippen LogP contribution in [0.25, 0.3) is 0 Å². The van der Waals surface area contributed by atoms with Gasteiger partial charge in [-0.2, -0.15) is 4.31 Å². The first-order valence-corrected chi connectivity index (χ1v) is 9.59.